The Hall–Kier alpha value is -1.60. The third kappa shape index (κ3) is 3.10. The fraction of sp³-hybridized carbons (Fsp3) is 0.368. The highest BCUT2D eigenvalue weighted by Crippen LogP contribution is 2.32. The van der Waals surface area contributed by atoms with Crippen LogP contribution in [0.5, 0.6) is 0 Å². The first kappa shape index (κ1) is 14.8. The largest absolute Gasteiger partial charge is 0.310 e. The monoisotopic (exact) mass is 267 g/mol. The van der Waals surface area contributed by atoms with Crippen molar-refractivity contribution in [1.29, 1.82) is 0 Å². The lowest BCUT2D eigenvalue weighted by Gasteiger charge is -2.27. The van der Waals surface area contributed by atoms with E-state index in [4.69, 9.17) is 0 Å². The first-order valence-corrected chi connectivity index (χ1v) is 7.49. The van der Waals surface area contributed by atoms with Crippen LogP contribution in [0.25, 0.3) is 0 Å². The van der Waals surface area contributed by atoms with Crippen molar-refractivity contribution in [1.82, 2.24) is 5.32 Å². The minimum atomic E-state index is 0.363. The molecule has 0 saturated carbocycles. The van der Waals surface area contributed by atoms with Crippen LogP contribution in [-0.2, 0) is 0 Å². The zero-order valence-electron chi connectivity index (χ0n) is 13.0. The van der Waals surface area contributed by atoms with E-state index in [0.717, 1.165) is 6.54 Å². The van der Waals surface area contributed by atoms with Gasteiger partial charge < -0.3 is 5.32 Å². The molecule has 0 heterocycles. The third-order valence-electron chi connectivity index (χ3n) is 4.23. The summed E-state index contributed by atoms with van der Waals surface area (Å²) in [6.45, 7) is 9.89. The number of aryl methyl sites for hydroxylation is 1. The highest BCUT2D eigenvalue weighted by Gasteiger charge is 2.21. The highest BCUT2D eigenvalue weighted by molar-refractivity contribution is 5.37. The molecule has 0 radical (unpaired) electrons. The second kappa shape index (κ2) is 6.71. The number of hydrogen-bond donors (Lipinski definition) is 1. The van der Waals surface area contributed by atoms with E-state index in [9.17, 15) is 0 Å². The SMILES string of the molecule is CCNC(c1cccc(C)c1C)C(C)c1ccccc1. The fourth-order valence-corrected chi connectivity index (χ4v) is 2.84. The van der Waals surface area contributed by atoms with Crippen molar-refractivity contribution in [2.75, 3.05) is 6.54 Å². The van der Waals surface area contributed by atoms with Gasteiger partial charge in [0.2, 0.25) is 0 Å². The second-order valence-corrected chi connectivity index (χ2v) is 5.52. The van der Waals surface area contributed by atoms with E-state index in [1.165, 1.54) is 22.3 Å². The van der Waals surface area contributed by atoms with Crippen molar-refractivity contribution >= 4 is 0 Å². The average molecular weight is 267 g/mol. The molecule has 2 aromatic carbocycles. The van der Waals surface area contributed by atoms with E-state index >= 15 is 0 Å². The molecule has 1 N–H and O–H groups in total. The van der Waals surface area contributed by atoms with Crippen LogP contribution in [-0.4, -0.2) is 6.54 Å². The van der Waals surface area contributed by atoms with E-state index in [1.807, 2.05) is 0 Å². The molecule has 1 heteroatoms. The molecule has 0 aromatic heterocycles. The maximum atomic E-state index is 3.67. The maximum absolute atomic E-state index is 3.67. The van der Waals surface area contributed by atoms with E-state index in [2.05, 4.69) is 81.5 Å². The first-order valence-electron chi connectivity index (χ1n) is 7.49. The van der Waals surface area contributed by atoms with Crippen LogP contribution in [0.2, 0.25) is 0 Å². The summed E-state index contributed by atoms with van der Waals surface area (Å²) in [5, 5.41) is 3.67. The summed E-state index contributed by atoms with van der Waals surface area (Å²) in [6.07, 6.45) is 0. The normalized spacial score (nSPS) is 14.0. The quantitative estimate of drug-likeness (QED) is 0.823. The molecule has 0 spiro atoms. The second-order valence-electron chi connectivity index (χ2n) is 5.52. The van der Waals surface area contributed by atoms with E-state index in [-0.39, 0.29) is 0 Å². The number of likely N-dealkylation sites (N-methyl/N-ethyl adjacent to an activating group) is 1. The summed E-state index contributed by atoms with van der Waals surface area (Å²) < 4.78 is 0. The average Bonchev–Trinajstić information content (AvgIpc) is 2.48. The Morgan fingerprint density at radius 1 is 0.950 bits per heavy atom. The van der Waals surface area contributed by atoms with Gasteiger partial charge >= 0.3 is 0 Å². The van der Waals surface area contributed by atoms with Crippen LogP contribution in [0.4, 0.5) is 0 Å². The number of hydrogen-bond acceptors (Lipinski definition) is 1. The summed E-state index contributed by atoms with van der Waals surface area (Å²) in [7, 11) is 0. The lowest BCUT2D eigenvalue weighted by atomic mass is 9.85. The number of benzene rings is 2. The Kier molecular flexibility index (Phi) is 4.97. The molecule has 106 valence electrons. The van der Waals surface area contributed by atoms with E-state index < -0.39 is 0 Å². The molecule has 0 aliphatic carbocycles. The van der Waals surface area contributed by atoms with Crippen molar-refractivity contribution in [3.63, 3.8) is 0 Å². The van der Waals surface area contributed by atoms with Gasteiger partial charge in [-0.3, -0.25) is 0 Å². The Labute approximate surface area is 123 Å². The van der Waals surface area contributed by atoms with Crippen LogP contribution in [0, 0.1) is 13.8 Å². The summed E-state index contributed by atoms with van der Waals surface area (Å²) in [5.41, 5.74) is 5.58. The standard InChI is InChI=1S/C19H25N/c1-5-20-19(16(4)17-11-7-6-8-12-17)18-13-9-10-14(2)15(18)3/h6-13,16,19-20H,5H2,1-4H3. The third-order valence-corrected chi connectivity index (χ3v) is 4.23. The zero-order chi connectivity index (χ0) is 14.5. The summed E-state index contributed by atoms with van der Waals surface area (Å²) >= 11 is 0. The molecule has 0 amide bonds. The van der Waals surface area contributed by atoms with Crippen molar-refractivity contribution in [3.05, 3.63) is 70.8 Å². The van der Waals surface area contributed by atoms with Gasteiger partial charge in [-0.1, -0.05) is 62.4 Å². The molecule has 0 saturated heterocycles. The van der Waals surface area contributed by atoms with Crippen molar-refractivity contribution in [2.45, 2.75) is 39.7 Å². The molecule has 0 fully saturated rings. The van der Waals surface area contributed by atoms with Crippen LogP contribution in [0.3, 0.4) is 0 Å². The van der Waals surface area contributed by atoms with E-state index in [0.29, 0.717) is 12.0 Å². The van der Waals surface area contributed by atoms with Crippen molar-refractivity contribution in [3.8, 4) is 0 Å². The predicted octanol–water partition coefficient (Wildman–Crippen LogP) is 4.76. The van der Waals surface area contributed by atoms with Crippen LogP contribution in [0.1, 0.15) is 48.1 Å². The summed E-state index contributed by atoms with van der Waals surface area (Å²) in [5.74, 6) is 0.455. The van der Waals surface area contributed by atoms with Gasteiger partial charge in [-0.15, -0.1) is 0 Å². The summed E-state index contributed by atoms with van der Waals surface area (Å²) in [6, 6.07) is 17.7. The Morgan fingerprint density at radius 3 is 2.30 bits per heavy atom. The minimum absolute atomic E-state index is 0.363. The molecule has 2 unspecified atom stereocenters. The van der Waals surface area contributed by atoms with Crippen LogP contribution in [0.15, 0.2) is 48.5 Å². The predicted molar refractivity (Wildman–Crippen MR) is 87.2 cm³/mol. The molecule has 0 aliphatic heterocycles. The number of rotatable bonds is 5. The van der Waals surface area contributed by atoms with Crippen molar-refractivity contribution < 1.29 is 0 Å². The molecular weight excluding hydrogens is 242 g/mol. The minimum Gasteiger partial charge on any atom is -0.310 e. The highest BCUT2D eigenvalue weighted by atomic mass is 14.9. The van der Waals surface area contributed by atoms with Crippen molar-refractivity contribution in [2.24, 2.45) is 0 Å². The van der Waals surface area contributed by atoms with Gasteiger partial charge in [-0.2, -0.15) is 0 Å². The van der Waals surface area contributed by atoms with Crippen LogP contribution < -0.4 is 5.32 Å². The smallest absolute Gasteiger partial charge is 0.0389 e. The van der Waals surface area contributed by atoms with Gasteiger partial charge in [0.25, 0.3) is 0 Å². The molecule has 0 aliphatic rings. The van der Waals surface area contributed by atoms with Crippen LogP contribution >= 0.6 is 0 Å². The molecule has 2 rings (SSSR count). The van der Waals surface area contributed by atoms with Gasteiger partial charge in [0.1, 0.15) is 0 Å². The Morgan fingerprint density at radius 2 is 1.65 bits per heavy atom. The van der Waals surface area contributed by atoms with Gasteiger partial charge in [-0.25, -0.2) is 0 Å². The zero-order valence-corrected chi connectivity index (χ0v) is 13.0. The fourth-order valence-electron chi connectivity index (χ4n) is 2.84. The summed E-state index contributed by atoms with van der Waals surface area (Å²) in [4.78, 5) is 0. The molecule has 2 aromatic rings. The Bertz CT molecular complexity index is 545. The maximum Gasteiger partial charge on any atom is 0.0389 e. The van der Waals surface area contributed by atoms with Gasteiger partial charge in [0.05, 0.1) is 0 Å². The Balaban J connectivity index is 2.38. The molecule has 0 bridgehead atoms. The van der Waals surface area contributed by atoms with Gasteiger partial charge in [0, 0.05) is 12.0 Å². The number of nitrogens with one attached hydrogen (secondary N) is 1. The topological polar surface area (TPSA) is 12.0 Å². The lowest BCUT2D eigenvalue weighted by Crippen LogP contribution is -2.26. The first-order chi connectivity index (χ1) is 9.65. The lowest BCUT2D eigenvalue weighted by molar-refractivity contribution is 0.477. The molecule has 2 atom stereocenters. The van der Waals surface area contributed by atoms with E-state index in [1.54, 1.807) is 0 Å². The van der Waals surface area contributed by atoms with Gasteiger partial charge in [-0.05, 0) is 42.6 Å². The molecule has 1 nitrogen and oxygen atoms in total. The van der Waals surface area contributed by atoms with Gasteiger partial charge in [0.15, 0.2) is 0 Å². The molecular formula is C19H25N. The molecule has 20 heavy (non-hydrogen) atoms.